The molecule has 0 radical (unpaired) electrons. The van der Waals surface area contributed by atoms with Crippen LogP contribution in [-0.2, 0) is 25.9 Å². The molecule has 5 atom stereocenters. The molecule has 13 nitrogen and oxygen atoms in total. The first-order valence-corrected chi connectivity index (χ1v) is 17.4. The molecule has 2 fully saturated rings. The molecule has 2 heterocycles. The number of carbonyl (C=O) groups is 2. The average Bonchev–Trinajstić information content (AvgIpc) is 3.65. The molecule has 2 saturated heterocycles. The van der Waals surface area contributed by atoms with Gasteiger partial charge in [-0.15, -0.1) is 0 Å². The summed E-state index contributed by atoms with van der Waals surface area (Å²) in [6, 6.07) is 13.8. The third kappa shape index (κ3) is 9.14. The van der Waals surface area contributed by atoms with Gasteiger partial charge in [0.25, 0.3) is 0 Å². The number of fused-ring (bicyclic) bond motifs is 1. The van der Waals surface area contributed by atoms with E-state index in [9.17, 15) is 28.2 Å². The Labute approximate surface area is 277 Å². The molecule has 2 aliphatic heterocycles. The molecular formula is C33H49N5O8S. The summed E-state index contributed by atoms with van der Waals surface area (Å²) in [7, 11) is 0.795. The molecule has 2 aromatic rings. The zero-order valence-corrected chi connectivity index (χ0v) is 28.7. The number of nitrogens with one attached hydrogen (secondary N) is 2. The molecule has 0 unspecified atom stereocenters. The number of urea groups is 1. The SMILES string of the molecule is CNc1cccc(S(=O)(=O)N(C[C@@H](O)[C@H](Cc2ccccc2)N(C(=O)O)[C@H]2CO[C@H]3OCC[C@H]32)CC(C)(C)CCNC(=O)N(C)C)c1. The highest BCUT2D eigenvalue weighted by Gasteiger charge is 2.49. The second-order valence-electron chi connectivity index (χ2n) is 13.2. The first-order valence-electron chi connectivity index (χ1n) is 15.9. The number of nitrogens with zero attached hydrogens (tertiary/aromatic N) is 3. The van der Waals surface area contributed by atoms with E-state index in [1.165, 1.54) is 26.2 Å². The molecule has 0 spiro atoms. The van der Waals surface area contributed by atoms with Crippen LogP contribution in [0.1, 0.15) is 32.3 Å². The number of aliphatic hydroxyl groups is 1. The Kier molecular flexibility index (Phi) is 12.1. The van der Waals surface area contributed by atoms with E-state index in [0.29, 0.717) is 31.7 Å². The molecular weight excluding hydrogens is 626 g/mol. The normalized spacial score (nSPS) is 20.8. The summed E-state index contributed by atoms with van der Waals surface area (Å²) in [6.45, 7) is 4.32. The van der Waals surface area contributed by atoms with Crippen molar-refractivity contribution in [1.29, 1.82) is 0 Å². The van der Waals surface area contributed by atoms with Crippen molar-refractivity contribution in [3.05, 3.63) is 60.2 Å². The summed E-state index contributed by atoms with van der Waals surface area (Å²) in [5.74, 6) is -0.197. The minimum Gasteiger partial charge on any atom is -0.465 e. The third-order valence-electron chi connectivity index (χ3n) is 8.92. The van der Waals surface area contributed by atoms with E-state index < -0.39 is 46.0 Å². The Balaban J connectivity index is 1.68. The third-order valence-corrected chi connectivity index (χ3v) is 10.7. The van der Waals surface area contributed by atoms with Crippen molar-refractivity contribution in [2.75, 3.05) is 59.3 Å². The van der Waals surface area contributed by atoms with E-state index in [-0.39, 0.29) is 43.0 Å². The van der Waals surface area contributed by atoms with Crippen molar-refractivity contribution in [3.8, 4) is 0 Å². The van der Waals surface area contributed by atoms with Crippen LogP contribution in [0, 0.1) is 11.3 Å². The molecule has 0 aliphatic carbocycles. The van der Waals surface area contributed by atoms with E-state index >= 15 is 0 Å². The fraction of sp³-hybridized carbons (Fsp3) is 0.576. The number of carboxylic acid groups (broad SMARTS) is 1. The number of anilines is 1. The van der Waals surface area contributed by atoms with Crippen LogP contribution in [0.4, 0.5) is 15.3 Å². The number of ether oxygens (including phenoxy) is 2. The fourth-order valence-electron chi connectivity index (χ4n) is 6.30. The minimum absolute atomic E-state index is 0.00418. The monoisotopic (exact) mass is 675 g/mol. The number of hydrogen-bond donors (Lipinski definition) is 4. The molecule has 4 N–H and O–H groups in total. The van der Waals surface area contributed by atoms with Crippen LogP contribution in [0.15, 0.2) is 59.5 Å². The van der Waals surface area contributed by atoms with Gasteiger partial charge in [0.15, 0.2) is 6.29 Å². The van der Waals surface area contributed by atoms with Gasteiger partial charge in [-0.05, 0) is 48.4 Å². The minimum atomic E-state index is -4.18. The van der Waals surface area contributed by atoms with Gasteiger partial charge in [-0.2, -0.15) is 4.31 Å². The van der Waals surface area contributed by atoms with Gasteiger partial charge in [-0.1, -0.05) is 50.2 Å². The van der Waals surface area contributed by atoms with E-state index in [4.69, 9.17) is 9.47 Å². The van der Waals surface area contributed by atoms with E-state index in [1.54, 1.807) is 33.3 Å². The summed E-state index contributed by atoms with van der Waals surface area (Å²) in [5.41, 5.74) is 0.766. The highest BCUT2D eigenvalue weighted by atomic mass is 32.2. The summed E-state index contributed by atoms with van der Waals surface area (Å²) in [4.78, 5) is 27.8. The molecule has 0 aromatic heterocycles. The zero-order chi connectivity index (χ0) is 34.4. The zero-order valence-electron chi connectivity index (χ0n) is 27.8. The smallest absolute Gasteiger partial charge is 0.407 e. The second-order valence-corrected chi connectivity index (χ2v) is 15.2. The molecule has 14 heteroatoms. The fourth-order valence-corrected chi connectivity index (χ4v) is 7.99. The maximum absolute atomic E-state index is 14.3. The van der Waals surface area contributed by atoms with E-state index in [2.05, 4.69) is 10.6 Å². The lowest BCUT2D eigenvalue weighted by atomic mass is 9.89. The van der Waals surface area contributed by atoms with Gasteiger partial charge in [0.2, 0.25) is 10.0 Å². The van der Waals surface area contributed by atoms with Gasteiger partial charge in [0.1, 0.15) is 0 Å². The lowest BCUT2D eigenvalue weighted by molar-refractivity contribution is -0.0906. The van der Waals surface area contributed by atoms with Crippen LogP contribution >= 0.6 is 0 Å². The summed E-state index contributed by atoms with van der Waals surface area (Å²) < 4.78 is 41.3. The Morgan fingerprint density at radius 3 is 2.47 bits per heavy atom. The van der Waals surface area contributed by atoms with Gasteiger partial charge < -0.3 is 35.2 Å². The number of benzene rings is 2. The number of carbonyl (C=O) groups excluding carboxylic acids is 1. The van der Waals surface area contributed by atoms with Gasteiger partial charge in [0.05, 0.1) is 36.3 Å². The number of rotatable bonds is 15. The molecule has 260 valence electrons. The quantitative estimate of drug-likeness (QED) is 0.222. The molecule has 4 rings (SSSR count). The number of aliphatic hydroxyl groups excluding tert-OH is 1. The Hall–Kier alpha value is -3.43. The van der Waals surface area contributed by atoms with Crippen LogP contribution in [-0.4, -0.2) is 123 Å². The lowest BCUT2D eigenvalue weighted by Gasteiger charge is -2.40. The van der Waals surface area contributed by atoms with Crippen molar-refractivity contribution in [3.63, 3.8) is 0 Å². The van der Waals surface area contributed by atoms with Crippen molar-refractivity contribution in [2.24, 2.45) is 11.3 Å². The van der Waals surface area contributed by atoms with Gasteiger partial charge in [0, 0.05) is 52.4 Å². The number of hydrogen-bond acceptors (Lipinski definition) is 8. The molecule has 3 amide bonds. The van der Waals surface area contributed by atoms with E-state index in [1.807, 2.05) is 44.2 Å². The molecule has 2 aromatic carbocycles. The highest BCUT2D eigenvalue weighted by molar-refractivity contribution is 7.89. The summed E-state index contributed by atoms with van der Waals surface area (Å²) in [6.07, 6.45) is -1.91. The van der Waals surface area contributed by atoms with Crippen molar-refractivity contribution in [1.82, 2.24) is 19.4 Å². The van der Waals surface area contributed by atoms with Gasteiger partial charge >= 0.3 is 12.1 Å². The number of amides is 3. The maximum atomic E-state index is 14.3. The standard InChI is InChI=1S/C33H49N5O8S/c1-33(2,15-16-35-31(40)36(4)5)22-37(47(43,44)25-13-9-12-24(19-25)34-3)20-29(39)27(18-23-10-7-6-8-11-23)38(32(41)42)28-21-46-30-26(28)14-17-45-30/h6-13,19,26-30,34,39H,14-18,20-22H2,1-5H3,(H,35,40)(H,41,42)/t26-,27-,28-,29+,30+/m0/s1. The van der Waals surface area contributed by atoms with Crippen molar-refractivity contribution >= 4 is 27.8 Å². The summed E-state index contributed by atoms with van der Waals surface area (Å²) >= 11 is 0. The second kappa shape index (κ2) is 15.6. The lowest BCUT2D eigenvalue weighted by Crippen LogP contribution is -2.58. The van der Waals surface area contributed by atoms with Crippen LogP contribution in [0.5, 0.6) is 0 Å². The predicted molar refractivity (Wildman–Crippen MR) is 178 cm³/mol. The molecule has 47 heavy (non-hydrogen) atoms. The topological polar surface area (TPSA) is 161 Å². The number of sulfonamides is 1. The highest BCUT2D eigenvalue weighted by Crippen LogP contribution is 2.36. The van der Waals surface area contributed by atoms with Crippen molar-refractivity contribution < 1.29 is 37.7 Å². The first kappa shape index (κ1) is 36.4. The van der Waals surface area contributed by atoms with Crippen LogP contribution < -0.4 is 10.6 Å². The van der Waals surface area contributed by atoms with Gasteiger partial charge in [-0.3, -0.25) is 4.90 Å². The van der Waals surface area contributed by atoms with Gasteiger partial charge in [-0.25, -0.2) is 18.0 Å². The van der Waals surface area contributed by atoms with Crippen molar-refractivity contribution in [2.45, 2.75) is 62.5 Å². The Morgan fingerprint density at radius 2 is 1.81 bits per heavy atom. The molecule has 0 bridgehead atoms. The van der Waals surface area contributed by atoms with Crippen LogP contribution in [0.25, 0.3) is 0 Å². The van der Waals surface area contributed by atoms with Crippen LogP contribution in [0.3, 0.4) is 0 Å². The molecule has 0 saturated carbocycles. The van der Waals surface area contributed by atoms with E-state index in [0.717, 1.165) is 5.56 Å². The maximum Gasteiger partial charge on any atom is 0.407 e. The predicted octanol–water partition coefficient (Wildman–Crippen LogP) is 3.12. The average molecular weight is 676 g/mol. The molecule has 2 aliphatic rings. The first-order chi connectivity index (χ1) is 22.2. The summed E-state index contributed by atoms with van der Waals surface area (Å²) in [5, 5.41) is 28.4. The van der Waals surface area contributed by atoms with Crippen LogP contribution in [0.2, 0.25) is 0 Å². The Morgan fingerprint density at radius 1 is 1.09 bits per heavy atom. The largest absolute Gasteiger partial charge is 0.465 e. The Bertz CT molecular complexity index is 1460.